The van der Waals surface area contributed by atoms with E-state index in [1.165, 1.54) is 12.1 Å². The number of primary amides is 1. The molecule has 4 heteroatoms. The molecule has 0 aliphatic rings. The lowest BCUT2D eigenvalue weighted by Crippen LogP contribution is -2.39. The first kappa shape index (κ1) is 11.5. The molecule has 0 spiro atoms. The summed E-state index contributed by atoms with van der Waals surface area (Å²) in [5.41, 5.74) is 5.79. The largest absolute Gasteiger partial charge is 0.373 e. The molecular weight excluding hydrogens is 195 g/mol. The lowest BCUT2D eigenvalue weighted by atomic mass is 10.0. The first-order chi connectivity index (χ1) is 7.00. The summed E-state index contributed by atoms with van der Waals surface area (Å²) in [6.07, 6.45) is 0. The highest BCUT2D eigenvalue weighted by molar-refractivity contribution is 5.83. The minimum absolute atomic E-state index is 0.0609. The predicted molar refractivity (Wildman–Crippen MR) is 57.8 cm³/mol. The number of nitrogens with two attached hydrogens (primary N) is 1. The van der Waals surface area contributed by atoms with Crippen LogP contribution >= 0.6 is 0 Å². The number of amides is 1. The van der Waals surface area contributed by atoms with Gasteiger partial charge in [0.05, 0.1) is 0 Å². The van der Waals surface area contributed by atoms with E-state index in [1.807, 2.05) is 13.8 Å². The summed E-state index contributed by atoms with van der Waals surface area (Å²) in [6.45, 7) is 3.75. The van der Waals surface area contributed by atoms with Crippen molar-refractivity contribution in [3.8, 4) is 0 Å². The number of hydrogen-bond acceptors (Lipinski definition) is 2. The monoisotopic (exact) mass is 210 g/mol. The Morgan fingerprint density at radius 1 is 1.47 bits per heavy atom. The molecule has 0 aromatic heterocycles. The SMILES string of the molecule is CC(C)C(Nc1cccc(F)c1)C(N)=O. The zero-order valence-electron chi connectivity index (χ0n) is 8.83. The number of carbonyl (C=O) groups excluding carboxylic acids is 1. The van der Waals surface area contributed by atoms with Gasteiger partial charge in [-0.3, -0.25) is 4.79 Å². The quantitative estimate of drug-likeness (QED) is 0.795. The van der Waals surface area contributed by atoms with Crippen molar-refractivity contribution < 1.29 is 9.18 Å². The Morgan fingerprint density at radius 3 is 2.60 bits per heavy atom. The Morgan fingerprint density at radius 2 is 2.13 bits per heavy atom. The third-order valence-electron chi connectivity index (χ3n) is 2.12. The minimum atomic E-state index is -0.480. The number of anilines is 1. The van der Waals surface area contributed by atoms with Gasteiger partial charge in [0.25, 0.3) is 0 Å². The van der Waals surface area contributed by atoms with Crippen LogP contribution in [-0.4, -0.2) is 11.9 Å². The molecule has 0 saturated heterocycles. The lowest BCUT2D eigenvalue weighted by Gasteiger charge is -2.20. The van der Waals surface area contributed by atoms with E-state index in [4.69, 9.17) is 5.73 Å². The van der Waals surface area contributed by atoms with Gasteiger partial charge < -0.3 is 11.1 Å². The van der Waals surface area contributed by atoms with Gasteiger partial charge in [-0.25, -0.2) is 4.39 Å². The number of halogens is 1. The average Bonchev–Trinajstić information content (AvgIpc) is 2.13. The van der Waals surface area contributed by atoms with Crippen LogP contribution in [0.15, 0.2) is 24.3 Å². The first-order valence-electron chi connectivity index (χ1n) is 4.82. The zero-order chi connectivity index (χ0) is 11.4. The van der Waals surface area contributed by atoms with Crippen LogP contribution < -0.4 is 11.1 Å². The molecule has 0 saturated carbocycles. The van der Waals surface area contributed by atoms with Crippen molar-refractivity contribution in [3.05, 3.63) is 30.1 Å². The maximum Gasteiger partial charge on any atom is 0.240 e. The van der Waals surface area contributed by atoms with Crippen LogP contribution in [0.1, 0.15) is 13.8 Å². The molecule has 0 aliphatic carbocycles. The number of hydrogen-bond donors (Lipinski definition) is 2. The highest BCUT2D eigenvalue weighted by Crippen LogP contribution is 2.13. The van der Waals surface area contributed by atoms with E-state index in [1.54, 1.807) is 12.1 Å². The molecule has 0 aliphatic heterocycles. The van der Waals surface area contributed by atoms with Crippen molar-refractivity contribution in [2.75, 3.05) is 5.32 Å². The molecule has 1 atom stereocenters. The topological polar surface area (TPSA) is 55.1 Å². The molecule has 1 aromatic rings. The third kappa shape index (κ3) is 3.23. The summed E-state index contributed by atoms with van der Waals surface area (Å²) in [7, 11) is 0. The Kier molecular flexibility index (Phi) is 3.66. The molecule has 0 heterocycles. The Hall–Kier alpha value is -1.58. The summed E-state index contributed by atoms with van der Waals surface area (Å²) in [5, 5.41) is 2.90. The maximum absolute atomic E-state index is 12.9. The Labute approximate surface area is 88.5 Å². The van der Waals surface area contributed by atoms with Crippen molar-refractivity contribution in [3.63, 3.8) is 0 Å². The van der Waals surface area contributed by atoms with Gasteiger partial charge in [-0.1, -0.05) is 19.9 Å². The van der Waals surface area contributed by atoms with Gasteiger partial charge in [0.1, 0.15) is 11.9 Å². The second-order valence-corrected chi connectivity index (χ2v) is 3.78. The zero-order valence-corrected chi connectivity index (χ0v) is 8.83. The molecule has 3 nitrogen and oxygen atoms in total. The molecule has 15 heavy (non-hydrogen) atoms. The van der Waals surface area contributed by atoms with Crippen molar-refractivity contribution in [2.45, 2.75) is 19.9 Å². The van der Waals surface area contributed by atoms with E-state index in [9.17, 15) is 9.18 Å². The Balaban J connectivity index is 2.79. The van der Waals surface area contributed by atoms with E-state index < -0.39 is 11.9 Å². The van der Waals surface area contributed by atoms with Gasteiger partial charge >= 0.3 is 0 Å². The van der Waals surface area contributed by atoms with Gasteiger partial charge in [-0.05, 0) is 24.1 Å². The van der Waals surface area contributed by atoms with Crippen molar-refractivity contribution >= 4 is 11.6 Å². The predicted octanol–water partition coefficient (Wildman–Crippen LogP) is 1.75. The molecule has 1 aromatic carbocycles. The second kappa shape index (κ2) is 4.77. The molecule has 0 fully saturated rings. The van der Waals surface area contributed by atoms with E-state index >= 15 is 0 Å². The van der Waals surface area contributed by atoms with Gasteiger partial charge in [-0.2, -0.15) is 0 Å². The smallest absolute Gasteiger partial charge is 0.240 e. The molecular formula is C11H15FN2O. The normalized spacial score (nSPS) is 12.5. The highest BCUT2D eigenvalue weighted by Gasteiger charge is 2.18. The van der Waals surface area contributed by atoms with E-state index in [-0.39, 0.29) is 11.7 Å². The van der Waals surface area contributed by atoms with Crippen LogP contribution in [0.4, 0.5) is 10.1 Å². The van der Waals surface area contributed by atoms with Gasteiger partial charge in [0, 0.05) is 5.69 Å². The fraction of sp³-hybridized carbons (Fsp3) is 0.364. The van der Waals surface area contributed by atoms with Crippen molar-refractivity contribution in [1.82, 2.24) is 0 Å². The van der Waals surface area contributed by atoms with Crippen LogP contribution in [0.25, 0.3) is 0 Å². The van der Waals surface area contributed by atoms with Crippen LogP contribution in [0.5, 0.6) is 0 Å². The molecule has 1 unspecified atom stereocenters. The molecule has 82 valence electrons. The van der Waals surface area contributed by atoms with Crippen LogP contribution in [0.3, 0.4) is 0 Å². The summed E-state index contributed by atoms with van der Waals surface area (Å²) < 4.78 is 12.9. The lowest BCUT2D eigenvalue weighted by molar-refractivity contribution is -0.119. The standard InChI is InChI=1S/C11H15FN2O/c1-7(2)10(11(13)15)14-9-5-3-4-8(12)6-9/h3-7,10,14H,1-2H3,(H2,13,15). The summed E-state index contributed by atoms with van der Waals surface area (Å²) in [5.74, 6) is -0.716. The van der Waals surface area contributed by atoms with Gasteiger partial charge in [-0.15, -0.1) is 0 Å². The average molecular weight is 210 g/mol. The fourth-order valence-electron chi connectivity index (χ4n) is 1.32. The van der Waals surface area contributed by atoms with Crippen LogP contribution in [-0.2, 0) is 4.79 Å². The summed E-state index contributed by atoms with van der Waals surface area (Å²) >= 11 is 0. The minimum Gasteiger partial charge on any atom is -0.373 e. The van der Waals surface area contributed by atoms with Crippen molar-refractivity contribution in [1.29, 1.82) is 0 Å². The Bertz CT molecular complexity index is 352. The molecule has 0 radical (unpaired) electrons. The maximum atomic E-state index is 12.9. The number of benzene rings is 1. The summed E-state index contributed by atoms with van der Waals surface area (Å²) in [4.78, 5) is 11.1. The van der Waals surface area contributed by atoms with E-state index in [2.05, 4.69) is 5.32 Å². The molecule has 1 rings (SSSR count). The van der Waals surface area contributed by atoms with Gasteiger partial charge in [0.2, 0.25) is 5.91 Å². The molecule has 3 N–H and O–H groups in total. The van der Waals surface area contributed by atoms with Crippen LogP contribution in [0.2, 0.25) is 0 Å². The summed E-state index contributed by atoms with van der Waals surface area (Å²) in [6, 6.07) is 5.47. The number of nitrogens with one attached hydrogen (secondary N) is 1. The number of rotatable bonds is 4. The first-order valence-corrected chi connectivity index (χ1v) is 4.82. The van der Waals surface area contributed by atoms with Crippen LogP contribution in [0, 0.1) is 11.7 Å². The molecule has 0 bridgehead atoms. The van der Waals surface area contributed by atoms with E-state index in [0.717, 1.165) is 0 Å². The third-order valence-corrected chi connectivity index (χ3v) is 2.12. The highest BCUT2D eigenvalue weighted by atomic mass is 19.1. The fourth-order valence-corrected chi connectivity index (χ4v) is 1.32. The number of carbonyl (C=O) groups is 1. The van der Waals surface area contributed by atoms with E-state index in [0.29, 0.717) is 5.69 Å². The van der Waals surface area contributed by atoms with Gasteiger partial charge in [0.15, 0.2) is 0 Å². The second-order valence-electron chi connectivity index (χ2n) is 3.78. The molecule has 1 amide bonds. The van der Waals surface area contributed by atoms with Crippen molar-refractivity contribution in [2.24, 2.45) is 11.7 Å².